The van der Waals surface area contributed by atoms with Crippen molar-refractivity contribution in [2.24, 2.45) is 7.05 Å². The first-order valence-electron chi connectivity index (χ1n) is 8.40. The Bertz CT molecular complexity index is 675. The maximum absolute atomic E-state index is 12.7. The molecule has 0 N–H and O–H groups in total. The van der Waals surface area contributed by atoms with Gasteiger partial charge in [0.15, 0.2) is 0 Å². The Morgan fingerprint density at radius 2 is 2.26 bits per heavy atom. The lowest BCUT2D eigenvalue weighted by Gasteiger charge is -2.25. The quantitative estimate of drug-likeness (QED) is 0.836. The number of amides is 1. The van der Waals surface area contributed by atoms with Crippen molar-refractivity contribution in [2.45, 2.75) is 52.0 Å². The van der Waals surface area contributed by atoms with Gasteiger partial charge in [-0.3, -0.25) is 9.48 Å². The fraction of sp³-hybridized carbons (Fsp3) is 0.556. The van der Waals surface area contributed by atoms with Crippen LogP contribution in [0, 0.1) is 13.8 Å². The molecule has 1 amide bonds. The summed E-state index contributed by atoms with van der Waals surface area (Å²) < 4.78 is 1.93. The number of likely N-dealkylation sites (tertiary alicyclic amines) is 1. The van der Waals surface area contributed by atoms with Gasteiger partial charge in [-0.05, 0) is 51.0 Å². The summed E-state index contributed by atoms with van der Waals surface area (Å²) in [5, 5.41) is 6.62. The molecule has 0 aliphatic carbocycles. The number of nitrogens with zero attached hydrogens (tertiary/aromatic N) is 3. The van der Waals surface area contributed by atoms with E-state index in [2.05, 4.69) is 41.4 Å². The molecule has 2 aromatic rings. The van der Waals surface area contributed by atoms with E-state index in [9.17, 15) is 4.79 Å². The van der Waals surface area contributed by atoms with E-state index < -0.39 is 0 Å². The molecule has 1 aliphatic heterocycles. The molecule has 23 heavy (non-hydrogen) atoms. The topological polar surface area (TPSA) is 38.1 Å². The molecule has 0 saturated carbocycles. The van der Waals surface area contributed by atoms with Crippen molar-refractivity contribution in [1.82, 2.24) is 14.7 Å². The Hall–Kier alpha value is -1.62. The third kappa shape index (κ3) is 3.34. The monoisotopic (exact) mass is 331 g/mol. The Morgan fingerprint density at radius 3 is 2.91 bits per heavy atom. The highest BCUT2D eigenvalue weighted by molar-refractivity contribution is 7.09. The van der Waals surface area contributed by atoms with Crippen LogP contribution >= 0.6 is 11.3 Å². The highest BCUT2D eigenvalue weighted by atomic mass is 32.1. The lowest BCUT2D eigenvalue weighted by Crippen LogP contribution is -2.31. The smallest absolute Gasteiger partial charge is 0.223 e. The molecule has 124 valence electrons. The van der Waals surface area contributed by atoms with Gasteiger partial charge in [-0.15, -0.1) is 11.3 Å². The van der Waals surface area contributed by atoms with Crippen LogP contribution in [0.3, 0.4) is 0 Å². The van der Waals surface area contributed by atoms with Crippen molar-refractivity contribution in [3.05, 3.63) is 39.3 Å². The first kappa shape index (κ1) is 16.2. The van der Waals surface area contributed by atoms with Crippen molar-refractivity contribution in [1.29, 1.82) is 0 Å². The molecule has 0 bridgehead atoms. The second-order valence-electron chi connectivity index (χ2n) is 6.39. The van der Waals surface area contributed by atoms with Crippen LogP contribution in [0.2, 0.25) is 0 Å². The summed E-state index contributed by atoms with van der Waals surface area (Å²) in [6.45, 7) is 5.05. The Labute approximate surface area is 142 Å². The van der Waals surface area contributed by atoms with Gasteiger partial charge in [-0.1, -0.05) is 6.07 Å². The zero-order valence-electron chi connectivity index (χ0n) is 14.2. The summed E-state index contributed by atoms with van der Waals surface area (Å²) in [6.07, 6.45) is 4.74. The Morgan fingerprint density at radius 1 is 1.43 bits per heavy atom. The van der Waals surface area contributed by atoms with Gasteiger partial charge in [0.05, 0.1) is 11.7 Å². The first-order chi connectivity index (χ1) is 11.1. The predicted octanol–water partition coefficient (Wildman–Crippen LogP) is 3.78. The third-order valence-corrected chi connectivity index (χ3v) is 5.80. The Kier molecular flexibility index (Phi) is 4.85. The van der Waals surface area contributed by atoms with Crippen molar-refractivity contribution in [3.63, 3.8) is 0 Å². The molecule has 3 heterocycles. The maximum Gasteiger partial charge on any atom is 0.223 e. The molecule has 0 radical (unpaired) electrons. The van der Waals surface area contributed by atoms with Gasteiger partial charge in [-0.2, -0.15) is 5.10 Å². The van der Waals surface area contributed by atoms with Gasteiger partial charge in [0, 0.05) is 36.1 Å². The van der Waals surface area contributed by atoms with Crippen molar-refractivity contribution >= 4 is 17.2 Å². The van der Waals surface area contributed by atoms with E-state index in [0.29, 0.717) is 12.3 Å². The summed E-state index contributed by atoms with van der Waals surface area (Å²) in [6, 6.07) is 4.44. The molecule has 0 unspecified atom stereocenters. The number of aromatic nitrogens is 2. The minimum atomic E-state index is 0.220. The first-order valence-corrected chi connectivity index (χ1v) is 9.28. The summed E-state index contributed by atoms with van der Waals surface area (Å²) in [5.41, 5.74) is 3.51. The largest absolute Gasteiger partial charge is 0.336 e. The Balaban J connectivity index is 1.65. The number of carbonyl (C=O) groups excluding carboxylic acids is 1. The molecular formula is C18H25N3OS. The number of carbonyl (C=O) groups is 1. The van der Waals surface area contributed by atoms with E-state index in [1.165, 1.54) is 16.1 Å². The SMILES string of the molecule is Cc1nn(C)c(C)c1[C@@H]1CCCN1C(=O)CCCc1cccs1. The molecule has 0 spiro atoms. The molecule has 1 aliphatic rings. The summed E-state index contributed by atoms with van der Waals surface area (Å²) >= 11 is 1.77. The van der Waals surface area contributed by atoms with Crippen LogP contribution < -0.4 is 0 Å². The number of aryl methyl sites for hydroxylation is 3. The fourth-order valence-corrected chi connectivity index (χ4v) is 4.40. The van der Waals surface area contributed by atoms with E-state index in [0.717, 1.165) is 37.9 Å². The summed E-state index contributed by atoms with van der Waals surface area (Å²) in [5.74, 6) is 0.298. The van der Waals surface area contributed by atoms with Crippen molar-refractivity contribution in [3.8, 4) is 0 Å². The van der Waals surface area contributed by atoms with Gasteiger partial charge < -0.3 is 4.90 Å². The fourth-order valence-electron chi connectivity index (χ4n) is 3.65. The highest BCUT2D eigenvalue weighted by Gasteiger charge is 2.32. The highest BCUT2D eigenvalue weighted by Crippen LogP contribution is 2.35. The van der Waals surface area contributed by atoms with Crippen LogP contribution in [0.5, 0.6) is 0 Å². The van der Waals surface area contributed by atoms with Gasteiger partial charge in [-0.25, -0.2) is 0 Å². The molecule has 4 nitrogen and oxygen atoms in total. The van der Waals surface area contributed by atoms with Gasteiger partial charge in [0.25, 0.3) is 0 Å². The van der Waals surface area contributed by atoms with E-state index >= 15 is 0 Å². The summed E-state index contributed by atoms with van der Waals surface area (Å²) in [4.78, 5) is 16.1. The minimum absolute atomic E-state index is 0.220. The van der Waals surface area contributed by atoms with Crippen LogP contribution in [0.1, 0.15) is 53.6 Å². The second kappa shape index (κ2) is 6.87. The van der Waals surface area contributed by atoms with E-state index in [1.54, 1.807) is 11.3 Å². The molecular weight excluding hydrogens is 306 g/mol. The second-order valence-corrected chi connectivity index (χ2v) is 7.42. The maximum atomic E-state index is 12.7. The third-order valence-electron chi connectivity index (χ3n) is 4.87. The van der Waals surface area contributed by atoms with Gasteiger partial charge in [0.1, 0.15) is 0 Å². The van der Waals surface area contributed by atoms with Crippen LogP contribution in [0.15, 0.2) is 17.5 Å². The summed E-state index contributed by atoms with van der Waals surface area (Å²) in [7, 11) is 1.98. The standard InChI is InChI=1S/C18H25N3OS/c1-13-18(14(2)20(3)19-13)16-9-5-11-21(16)17(22)10-4-7-15-8-6-12-23-15/h6,8,12,16H,4-5,7,9-11H2,1-3H3/t16-/m0/s1. The molecule has 2 aromatic heterocycles. The van der Waals surface area contributed by atoms with Crippen molar-refractivity contribution in [2.75, 3.05) is 6.54 Å². The molecule has 3 rings (SSSR count). The zero-order chi connectivity index (χ0) is 16.4. The van der Waals surface area contributed by atoms with Crippen LogP contribution in [-0.2, 0) is 18.3 Å². The van der Waals surface area contributed by atoms with Crippen LogP contribution in [-0.4, -0.2) is 27.1 Å². The van der Waals surface area contributed by atoms with Gasteiger partial charge in [0.2, 0.25) is 5.91 Å². The lowest BCUT2D eigenvalue weighted by molar-refractivity contribution is -0.132. The number of rotatable bonds is 5. The number of hydrogen-bond donors (Lipinski definition) is 0. The molecule has 5 heteroatoms. The minimum Gasteiger partial charge on any atom is -0.336 e. The molecule has 0 aromatic carbocycles. The van der Waals surface area contributed by atoms with Crippen LogP contribution in [0.4, 0.5) is 0 Å². The zero-order valence-corrected chi connectivity index (χ0v) is 15.0. The average molecular weight is 331 g/mol. The van der Waals surface area contributed by atoms with E-state index in [-0.39, 0.29) is 6.04 Å². The van der Waals surface area contributed by atoms with E-state index in [4.69, 9.17) is 0 Å². The van der Waals surface area contributed by atoms with Crippen molar-refractivity contribution < 1.29 is 4.79 Å². The van der Waals surface area contributed by atoms with E-state index in [1.807, 2.05) is 11.7 Å². The number of hydrogen-bond acceptors (Lipinski definition) is 3. The molecule has 1 fully saturated rings. The molecule has 1 atom stereocenters. The molecule has 1 saturated heterocycles. The normalized spacial score (nSPS) is 17.9. The lowest BCUT2D eigenvalue weighted by atomic mass is 10.0. The van der Waals surface area contributed by atoms with Crippen LogP contribution in [0.25, 0.3) is 0 Å². The number of thiophene rings is 1. The van der Waals surface area contributed by atoms with Gasteiger partial charge >= 0.3 is 0 Å². The predicted molar refractivity (Wildman–Crippen MR) is 93.6 cm³/mol. The average Bonchev–Trinajstić information content (AvgIpc) is 3.22.